The third kappa shape index (κ3) is 3.01. The van der Waals surface area contributed by atoms with E-state index in [0.717, 1.165) is 6.42 Å². The van der Waals surface area contributed by atoms with Gasteiger partial charge < -0.3 is 15.3 Å². The maximum Gasteiger partial charge on any atom is 0.245 e. The third-order valence-electron chi connectivity index (χ3n) is 3.14. The van der Waals surface area contributed by atoms with Crippen LogP contribution in [0.4, 0.5) is 5.82 Å². The van der Waals surface area contributed by atoms with Gasteiger partial charge in [-0.3, -0.25) is 4.79 Å². The van der Waals surface area contributed by atoms with Gasteiger partial charge in [0.15, 0.2) is 0 Å². The molecule has 19 heavy (non-hydrogen) atoms. The SMILES string of the molecule is N#Cc1cccnc1N[C@H]1CCCN(CCO)C1=O. The summed E-state index contributed by atoms with van der Waals surface area (Å²) in [6.45, 7) is 0.987. The molecule has 1 saturated heterocycles. The molecule has 1 aliphatic heterocycles. The number of pyridine rings is 1. The lowest BCUT2D eigenvalue weighted by molar-refractivity contribution is -0.134. The molecular formula is C13H16N4O2. The van der Waals surface area contributed by atoms with E-state index in [1.165, 1.54) is 0 Å². The molecule has 1 fully saturated rings. The second kappa shape index (κ2) is 6.16. The zero-order valence-corrected chi connectivity index (χ0v) is 10.5. The van der Waals surface area contributed by atoms with E-state index in [4.69, 9.17) is 10.4 Å². The highest BCUT2D eigenvalue weighted by Crippen LogP contribution is 2.18. The number of anilines is 1. The number of piperidine rings is 1. The quantitative estimate of drug-likeness (QED) is 0.815. The second-order valence-electron chi connectivity index (χ2n) is 4.40. The largest absolute Gasteiger partial charge is 0.395 e. The van der Waals surface area contributed by atoms with Crippen molar-refractivity contribution in [2.75, 3.05) is 25.0 Å². The van der Waals surface area contributed by atoms with Crippen molar-refractivity contribution in [1.29, 1.82) is 5.26 Å². The number of aliphatic hydroxyl groups excluding tert-OH is 1. The van der Waals surface area contributed by atoms with Crippen LogP contribution in [0.25, 0.3) is 0 Å². The van der Waals surface area contributed by atoms with Crippen molar-refractivity contribution in [3.63, 3.8) is 0 Å². The Hall–Kier alpha value is -2.13. The Kier molecular flexibility index (Phi) is 4.31. The first-order valence-electron chi connectivity index (χ1n) is 6.27. The number of aliphatic hydroxyl groups is 1. The highest BCUT2D eigenvalue weighted by Gasteiger charge is 2.28. The number of nitrogens with zero attached hydrogens (tertiary/aromatic N) is 3. The van der Waals surface area contributed by atoms with Crippen molar-refractivity contribution in [3.05, 3.63) is 23.9 Å². The standard InChI is InChI=1S/C13H16N4O2/c14-9-10-3-1-5-15-12(10)16-11-4-2-6-17(7-8-18)13(11)19/h1,3,5,11,18H,2,4,6-8H2,(H,15,16)/t11-/m0/s1. The van der Waals surface area contributed by atoms with Crippen LogP contribution >= 0.6 is 0 Å². The van der Waals surface area contributed by atoms with Gasteiger partial charge in [-0.05, 0) is 25.0 Å². The Bertz CT molecular complexity index is 496. The van der Waals surface area contributed by atoms with E-state index < -0.39 is 0 Å². The van der Waals surface area contributed by atoms with Crippen molar-refractivity contribution in [1.82, 2.24) is 9.88 Å². The van der Waals surface area contributed by atoms with Crippen LogP contribution in [0.15, 0.2) is 18.3 Å². The number of hydrogen-bond donors (Lipinski definition) is 2. The Morgan fingerprint density at radius 2 is 2.47 bits per heavy atom. The van der Waals surface area contributed by atoms with E-state index in [9.17, 15) is 4.79 Å². The molecular weight excluding hydrogens is 244 g/mol. The molecule has 0 unspecified atom stereocenters. The zero-order valence-electron chi connectivity index (χ0n) is 10.5. The van der Waals surface area contributed by atoms with E-state index in [0.29, 0.717) is 30.9 Å². The molecule has 6 heteroatoms. The summed E-state index contributed by atoms with van der Waals surface area (Å²) in [4.78, 5) is 17.9. The van der Waals surface area contributed by atoms with Crippen LogP contribution < -0.4 is 5.32 Å². The van der Waals surface area contributed by atoms with Crippen LogP contribution in [-0.2, 0) is 4.79 Å². The van der Waals surface area contributed by atoms with Gasteiger partial charge in [0.25, 0.3) is 0 Å². The molecule has 2 N–H and O–H groups in total. The Morgan fingerprint density at radius 1 is 1.63 bits per heavy atom. The fourth-order valence-corrected chi connectivity index (χ4v) is 2.19. The number of rotatable bonds is 4. The number of nitriles is 1. The summed E-state index contributed by atoms with van der Waals surface area (Å²) < 4.78 is 0. The molecule has 1 aromatic rings. The summed E-state index contributed by atoms with van der Waals surface area (Å²) in [6, 6.07) is 5.02. The first-order valence-corrected chi connectivity index (χ1v) is 6.27. The summed E-state index contributed by atoms with van der Waals surface area (Å²) in [6.07, 6.45) is 3.17. The first kappa shape index (κ1) is 13.3. The van der Waals surface area contributed by atoms with Crippen LogP contribution in [0.3, 0.4) is 0 Å². The van der Waals surface area contributed by atoms with E-state index >= 15 is 0 Å². The van der Waals surface area contributed by atoms with E-state index in [1.807, 2.05) is 6.07 Å². The molecule has 1 amide bonds. The number of β-amino-alcohol motifs (C(OH)–C–C–N with tert-alkyl or cyclic N) is 1. The Morgan fingerprint density at radius 3 is 3.21 bits per heavy atom. The molecule has 0 spiro atoms. The van der Waals surface area contributed by atoms with E-state index in [1.54, 1.807) is 23.2 Å². The normalized spacial score (nSPS) is 19.1. The van der Waals surface area contributed by atoms with Crippen LogP contribution in [0, 0.1) is 11.3 Å². The van der Waals surface area contributed by atoms with Crippen molar-refractivity contribution < 1.29 is 9.90 Å². The molecule has 1 aliphatic rings. The molecule has 0 aromatic carbocycles. The molecule has 0 aliphatic carbocycles. The number of hydrogen-bond acceptors (Lipinski definition) is 5. The zero-order chi connectivity index (χ0) is 13.7. The highest BCUT2D eigenvalue weighted by atomic mass is 16.3. The molecule has 2 heterocycles. The molecule has 6 nitrogen and oxygen atoms in total. The molecule has 1 aromatic heterocycles. The number of aromatic nitrogens is 1. The Labute approximate surface area is 111 Å². The molecule has 0 bridgehead atoms. The van der Waals surface area contributed by atoms with Crippen molar-refractivity contribution >= 4 is 11.7 Å². The fourth-order valence-electron chi connectivity index (χ4n) is 2.19. The van der Waals surface area contributed by atoms with Crippen molar-refractivity contribution in [3.8, 4) is 6.07 Å². The molecule has 1 atom stereocenters. The molecule has 0 radical (unpaired) electrons. The number of carbonyl (C=O) groups is 1. The van der Waals surface area contributed by atoms with Crippen molar-refractivity contribution in [2.45, 2.75) is 18.9 Å². The number of likely N-dealkylation sites (tertiary alicyclic amines) is 1. The Balaban J connectivity index is 2.10. The summed E-state index contributed by atoms with van der Waals surface area (Å²) >= 11 is 0. The number of amides is 1. The molecule has 2 rings (SSSR count). The average molecular weight is 260 g/mol. The maximum atomic E-state index is 12.2. The van der Waals surface area contributed by atoms with Gasteiger partial charge in [-0.2, -0.15) is 5.26 Å². The topological polar surface area (TPSA) is 89.2 Å². The van der Waals surface area contributed by atoms with Gasteiger partial charge >= 0.3 is 0 Å². The third-order valence-corrected chi connectivity index (χ3v) is 3.14. The lowest BCUT2D eigenvalue weighted by atomic mass is 10.0. The summed E-state index contributed by atoms with van der Waals surface area (Å²) in [5.41, 5.74) is 0.426. The number of carbonyl (C=O) groups excluding carboxylic acids is 1. The van der Waals surface area contributed by atoms with Crippen LogP contribution in [0.2, 0.25) is 0 Å². The monoisotopic (exact) mass is 260 g/mol. The smallest absolute Gasteiger partial charge is 0.245 e. The predicted octanol–water partition coefficient (Wildman–Crippen LogP) is 0.348. The van der Waals surface area contributed by atoms with Gasteiger partial charge in [-0.1, -0.05) is 0 Å². The first-order chi connectivity index (χ1) is 9.26. The molecule has 100 valence electrons. The lowest BCUT2D eigenvalue weighted by Crippen LogP contribution is -2.48. The van der Waals surface area contributed by atoms with Gasteiger partial charge in [-0.25, -0.2) is 4.98 Å². The highest BCUT2D eigenvalue weighted by molar-refractivity contribution is 5.85. The van der Waals surface area contributed by atoms with E-state index in [2.05, 4.69) is 10.3 Å². The number of nitrogens with one attached hydrogen (secondary N) is 1. The van der Waals surface area contributed by atoms with Gasteiger partial charge in [0.05, 0.1) is 12.2 Å². The van der Waals surface area contributed by atoms with Gasteiger partial charge in [0, 0.05) is 19.3 Å². The maximum absolute atomic E-state index is 12.2. The minimum atomic E-state index is -0.373. The lowest BCUT2D eigenvalue weighted by Gasteiger charge is -2.32. The van der Waals surface area contributed by atoms with Crippen molar-refractivity contribution in [2.24, 2.45) is 0 Å². The average Bonchev–Trinajstić information content (AvgIpc) is 2.44. The van der Waals surface area contributed by atoms with E-state index in [-0.39, 0.29) is 18.6 Å². The van der Waals surface area contributed by atoms with Gasteiger partial charge in [0.1, 0.15) is 17.9 Å². The molecule has 0 saturated carbocycles. The summed E-state index contributed by atoms with van der Waals surface area (Å²) in [5.74, 6) is 0.393. The van der Waals surface area contributed by atoms with Crippen LogP contribution in [0.1, 0.15) is 18.4 Å². The van der Waals surface area contributed by atoms with Gasteiger partial charge in [-0.15, -0.1) is 0 Å². The van der Waals surface area contributed by atoms with Gasteiger partial charge in [0.2, 0.25) is 5.91 Å². The van der Waals surface area contributed by atoms with Crippen LogP contribution in [0.5, 0.6) is 0 Å². The summed E-state index contributed by atoms with van der Waals surface area (Å²) in [7, 11) is 0. The predicted molar refractivity (Wildman–Crippen MR) is 69.3 cm³/mol. The summed E-state index contributed by atoms with van der Waals surface area (Å²) in [5, 5.41) is 20.9. The second-order valence-corrected chi connectivity index (χ2v) is 4.40. The minimum Gasteiger partial charge on any atom is -0.395 e. The minimum absolute atomic E-state index is 0.0362. The fraction of sp³-hybridized carbons (Fsp3) is 0.462. The van der Waals surface area contributed by atoms with Crippen LogP contribution in [-0.4, -0.2) is 46.6 Å².